The molecule has 1 aromatic heterocycles. The smallest absolute Gasteiger partial charge is 0.267 e. The normalized spacial score (nSPS) is 13.1. The number of hydrogen-bond donors (Lipinski definition) is 0. The maximum absolute atomic E-state index is 12.5. The minimum Gasteiger partial charge on any atom is -0.267 e. The highest BCUT2D eigenvalue weighted by molar-refractivity contribution is 7.89. The van der Waals surface area contributed by atoms with Gasteiger partial charge < -0.3 is 0 Å². The van der Waals surface area contributed by atoms with Gasteiger partial charge >= 0.3 is 6.18 Å². The van der Waals surface area contributed by atoms with E-state index in [2.05, 4.69) is 5.10 Å². The van der Waals surface area contributed by atoms with Crippen LogP contribution in [0.15, 0.2) is 4.90 Å². The largest absolute Gasteiger partial charge is 0.402 e. The van der Waals surface area contributed by atoms with Crippen LogP contribution < -0.4 is 0 Å². The molecule has 0 N–H and O–H groups in total. The first-order chi connectivity index (χ1) is 9.54. The fourth-order valence-electron chi connectivity index (χ4n) is 2.05. The third-order valence-corrected chi connectivity index (χ3v) is 5.26. The molecule has 0 bridgehead atoms. The number of alkyl halides is 4. The Bertz CT molecular complexity index is 599. The van der Waals surface area contributed by atoms with Gasteiger partial charge in [-0.25, -0.2) is 8.42 Å². The third-order valence-electron chi connectivity index (χ3n) is 2.92. The summed E-state index contributed by atoms with van der Waals surface area (Å²) in [6.07, 6.45) is -4.60. The van der Waals surface area contributed by atoms with E-state index in [4.69, 9.17) is 11.6 Å². The predicted molar refractivity (Wildman–Crippen MR) is 72.9 cm³/mol. The Morgan fingerprint density at radius 1 is 1.33 bits per heavy atom. The van der Waals surface area contributed by atoms with Gasteiger partial charge in [0.05, 0.1) is 17.9 Å². The van der Waals surface area contributed by atoms with Crippen LogP contribution in [0.5, 0.6) is 0 Å². The number of hydrogen-bond acceptors (Lipinski definition) is 3. The van der Waals surface area contributed by atoms with E-state index in [-0.39, 0.29) is 35.3 Å². The van der Waals surface area contributed by atoms with Gasteiger partial charge in [-0.3, -0.25) is 4.68 Å². The summed E-state index contributed by atoms with van der Waals surface area (Å²) in [7, 11) is -4.26. The van der Waals surface area contributed by atoms with E-state index < -0.39 is 22.7 Å². The fourth-order valence-corrected chi connectivity index (χ4v) is 4.01. The molecule has 0 aliphatic rings. The fraction of sp³-hybridized carbons (Fsp3) is 0.727. The van der Waals surface area contributed by atoms with Gasteiger partial charge in [-0.05, 0) is 13.8 Å². The summed E-state index contributed by atoms with van der Waals surface area (Å²) in [5, 5.41) is 4.02. The Balaban J connectivity index is 3.29. The molecule has 1 heterocycles. The Kier molecular flexibility index (Phi) is 5.68. The second-order valence-corrected chi connectivity index (χ2v) is 6.71. The first kappa shape index (κ1) is 18.2. The molecule has 0 atom stereocenters. The van der Waals surface area contributed by atoms with Gasteiger partial charge in [-0.15, -0.1) is 11.6 Å². The van der Waals surface area contributed by atoms with Crippen LogP contribution in [0, 0.1) is 13.8 Å². The van der Waals surface area contributed by atoms with E-state index in [0.717, 1.165) is 0 Å². The summed E-state index contributed by atoms with van der Waals surface area (Å²) in [4.78, 5) is -0.182. The van der Waals surface area contributed by atoms with Crippen molar-refractivity contribution in [3.63, 3.8) is 0 Å². The minimum absolute atomic E-state index is 0.165. The summed E-state index contributed by atoms with van der Waals surface area (Å²) in [5.41, 5.74) is 0.451. The van der Waals surface area contributed by atoms with Gasteiger partial charge in [0.2, 0.25) is 10.0 Å². The van der Waals surface area contributed by atoms with Crippen molar-refractivity contribution in [1.82, 2.24) is 14.1 Å². The molecular formula is C11H17ClF3N3O2S. The van der Waals surface area contributed by atoms with E-state index in [9.17, 15) is 21.6 Å². The van der Waals surface area contributed by atoms with Crippen molar-refractivity contribution in [2.24, 2.45) is 0 Å². The highest BCUT2D eigenvalue weighted by atomic mass is 35.5. The van der Waals surface area contributed by atoms with Crippen molar-refractivity contribution in [2.45, 2.75) is 38.4 Å². The maximum atomic E-state index is 12.5. The predicted octanol–water partition coefficient (Wildman–Crippen LogP) is 2.31. The Morgan fingerprint density at radius 3 is 2.33 bits per heavy atom. The summed E-state index contributed by atoms with van der Waals surface area (Å²) in [5.74, 6) is 0.224. The lowest BCUT2D eigenvalue weighted by Crippen LogP contribution is -2.39. The Morgan fingerprint density at radius 2 is 1.90 bits per heavy atom. The molecule has 1 rings (SSSR count). The van der Waals surface area contributed by atoms with Crippen molar-refractivity contribution in [3.8, 4) is 0 Å². The molecular weight excluding hydrogens is 331 g/mol. The molecule has 0 aromatic carbocycles. The molecule has 1 aromatic rings. The number of rotatable bonds is 6. The highest BCUT2D eigenvalue weighted by Gasteiger charge is 2.38. The van der Waals surface area contributed by atoms with Crippen LogP contribution >= 0.6 is 11.6 Å². The molecule has 10 heteroatoms. The third kappa shape index (κ3) is 4.10. The molecule has 0 amide bonds. The molecule has 0 fully saturated rings. The van der Waals surface area contributed by atoms with Crippen molar-refractivity contribution >= 4 is 21.6 Å². The van der Waals surface area contributed by atoms with E-state index in [1.165, 1.54) is 25.5 Å². The second-order valence-electron chi connectivity index (χ2n) is 4.46. The molecule has 0 saturated carbocycles. The van der Waals surface area contributed by atoms with Crippen LogP contribution in [-0.2, 0) is 16.6 Å². The summed E-state index contributed by atoms with van der Waals surface area (Å²) < 4.78 is 64.2. The maximum Gasteiger partial charge on any atom is 0.402 e. The number of aromatic nitrogens is 2. The summed E-state index contributed by atoms with van der Waals surface area (Å²) in [6, 6.07) is 0. The lowest BCUT2D eigenvalue weighted by Gasteiger charge is -2.22. The molecule has 5 nitrogen and oxygen atoms in total. The van der Waals surface area contributed by atoms with E-state index in [1.807, 2.05) is 0 Å². The van der Waals surface area contributed by atoms with Gasteiger partial charge in [0, 0.05) is 12.4 Å². The molecule has 0 radical (unpaired) electrons. The van der Waals surface area contributed by atoms with Crippen LogP contribution in [0.4, 0.5) is 13.2 Å². The molecule has 21 heavy (non-hydrogen) atoms. The first-order valence-corrected chi connectivity index (χ1v) is 8.19. The van der Waals surface area contributed by atoms with Crippen molar-refractivity contribution < 1.29 is 21.6 Å². The summed E-state index contributed by atoms with van der Waals surface area (Å²) in [6.45, 7) is 2.80. The Labute approximate surface area is 126 Å². The number of sulfonamides is 1. The average molecular weight is 348 g/mol. The first-order valence-electron chi connectivity index (χ1n) is 6.21. The number of halogens is 4. The van der Waals surface area contributed by atoms with Gasteiger partial charge in [0.1, 0.15) is 11.4 Å². The van der Waals surface area contributed by atoms with E-state index in [0.29, 0.717) is 4.31 Å². The standard InChI is InChI=1S/C11H17ClF3N3O2S/c1-4-17(7-11(13,14)15)21(19,20)10-8(2)16-18(6-5-12)9(10)3/h4-7H2,1-3H3. The molecule has 0 saturated heterocycles. The number of nitrogens with zero attached hydrogens (tertiary/aromatic N) is 3. The topological polar surface area (TPSA) is 55.2 Å². The SMILES string of the molecule is CCN(CC(F)(F)F)S(=O)(=O)c1c(C)nn(CCCl)c1C. The number of aryl methyl sites for hydroxylation is 2. The molecule has 0 unspecified atom stereocenters. The van der Waals surface area contributed by atoms with Crippen LogP contribution in [0.1, 0.15) is 18.3 Å². The van der Waals surface area contributed by atoms with E-state index >= 15 is 0 Å². The zero-order chi connectivity index (χ0) is 16.4. The zero-order valence-electron chi connectivity index (χ0n) is 11.9. The Hall–Kier alpha value is -0.800. The van der Waals surface area contributed by atoms with Gasteiger partial charge in [0.25, 0.3) is 0 Å². The molecule has 0 spiro atoms. The van der Waals surface area contributed by atoms with Crippen LogP contribution in [0.2, 0.25) is 0 Å². The minimum atomic E-state index is -4.60. The van der Waals surface area contributed by atoms with Crippen LogP contribution in [0.3, 0.4) is 0 Å². The molecule has 0 aliphatic heterocycles. The zero-order valence-corrected chi connectivity index (χ0v) is 13.5. The van der Waals surface area contributed by atoms with Gasteiger partial charge in [-0.1, -0.05) is 6.92 Å². The lowest BCUT2D eigenvalue weighted by molar-refractivity contribution is -0.135. The second kappa shape index (κ2) is 6.53. The van der Waals surface area contributed by atoms with Gasteiger partial charge in [-0.2, -0.15) is 22.6 Å². The monoisotopic (exact) mass is 347 g/mol. The van der Waals surface area contributed by atoms with E-state index in [1.54, 1.807) is 0 Å². The molecule has 122 valence electrons. The van der Waals surface area contributed by atoms with Crippen molar-refractivity contribution in [1.29, 1.82) is 0 Å². The van der Waals surface area contributed by atoms with Crippen molar-refractivity contribution in [2.75, 3.05) is 19.0 Å². The summed E-state index contributed by atoms with van der Waals surface area (Å²) >= 11 is 5.59. The quantitative estimate of drug-likeness (QED) is 0.742. The molecule has 0 aliphatic carbocycles. The van der Waals surface area contributed by atoms with Crippen LogP contribution in [-0.4, -0.2) is 47.6 Å². The lowest BCUT2D eigenvalue weighted by atomic mass is 10.4. The van der Waals surface area contributed by atoms with Gasteiger partial charge in [0.15, 0.2) is 0 Å². The highest BCUT2D eigenvalue weighted by Crippen LogP contribution is 2.26. The van der Waals surface area contributed by atoms with Crippen LogP contribution in [0.25, 0.3) is 0 Å². The average Bonchev–Trinajstić information content (AvgIpc) is 2.61. The van der Waals surface area contributed by atoms with Crippen molar-refractivity contribution in [3.05, 3.63) is 11.4 Å².